The molecule has 90 valence electrons. The molecule has 1 aliphatic rings. The Kier molecular flexibility index (Phi) is 3.28. The van der Waals surface area contributed by atoms with Gasteiger partial charge in [0.2, 0.25) is 0 Å². The lowest BCUT2D eigenvalue weighted by Gasteiger charge is -2.11. The lowest BCUT2D eigenvalue weighted by atomic mass is 10.2. The predicted octanol–water partition coefficient (Wildman–Crippen LogP) is 2.45. The molecule has 1 fully saturated rings. The average Bonchev–Trinajstić information content (AvgIpc) is 2.81. The standard InChI is InChI=1S/C12H14N2O2S/c1-3-4-5-9-11(15)14(12(16)13-9)10-6-7-17-8(10)2/h3-4,6-7,9H,5H2,1-2H3,(H,13,16). The number of carbonyl (C=O) groups excluding carboxylic acids is 2. The van der Waals surface area contributed by atoms with Crippen LogP contribution >= 0.6 is 11.3 Å². The van der Waals surface area contributed by atoms with Crippen LogP contribution in [0.1, 0.15) is 18.2 Å². The van der Waals surface area contributed by atoms with Crippen molar-refractivity contribution in [3.8, 4) is 0 Å². The Morgan fingerprint density at radius 1 is 1.53 bits per heavy atom. The van der Waals surface area contributed by atoms with Gasteiger partial charge in [-0.15, -0.1) is 11.3 Å². The molecule has 0 bridgehead atoms. The fraction of sp³-hybridized carbons (Fsp3) is 0.333. The zero-order valence-corrected chi connectivity index (χ0v) is 10.6. The van der Waals surface area contributed by atoms with E-state index in [1.165, 1.54) is 16.2 Å². The second-order valence-electron chi connectivity index (χ2n) is 3.84. The third kappa shape index (κ3) is 2.10. The Labute approximate surface area is 104 Å². The van der Waals surface area contributed by atoms with Crippen molar-refractivity contribution < 1.29 is 9.59 Å². The zero-order valence-electron chi connectivity index (χ0n) is 9.77. The van der Waals surface area contributed by atoms with Crippen LogP contribution < -0.4 is 10.2 Å². The van der Waals surface area contributed by atoms with E-state index < -0.39 is 6.04 Å². The lowest BCUT2D eigenvalue weighted by Crippen LogP contribution is -2.31. The third-order valence-electron chi connectivity index (χ3n) is 2.70. The number of aryl methyl sites for hydroxylation is 1. The smallest absolute Gasteiger partial charge is 0.325 e. The van der Waals surface area contributed by atoms with Crippen molar-refractivity contribution in [2.75, 3.05) is 4.90 Å². The van der Waals surface area contributed by atoms with Crippen molar-refractivity contribution in [2.45, 2.75) is 26.3 Å². The highest BCUT2D eigenvalue weighted by Gasteiger charge is 2.38. The van der Waals surface area contributed by atoms with Gasteiger partial charge in [-0.25, -0.2) is 9.69 Å². The minimum Gasteiger partial charge on any atom is -0.325 e. The van der Waals surface area contributed by atoms with Gasteiger partial charge in [-0.3, -0.25) is 4.79 Å². The summed E-state index contributed by atoms with van der Waals surface area (Å²) in [7, 11) is 0. The quantitative estimate of drug-likeness (QED) is 0.661. The second kappa shape index (κ2) is 4.71. The first kappa shape index (κ1) is 11.9. The minimum absolute atomic E-state index is 0.172. The number of amides is 3. The molecule has 1 saturated heterocycles. The number of urea groups is 1. The van der Waals surface area contributed by atoms with Crippen molar-refractivity contribution in [1.82, 2.24) is 5.32 Å². The summed E-state index contributed by atoms with van der Waals surface area (Å²) in [6.07, 6.45) is 4.30. The molecule has 0 spiro atoms. The van der Waals surface area contributed by atoms with E-state index in [0.29, 0.717) is 12.1 Å². The molecular weight excluding hydrogens is 236 g/mol. The van der Waals surface area contributed by atoms with Crippen LogP contribution in [0.2, 0.25) is 0 Å². The predicted molar refractivity (Wildman–Crippen MR) is 68.3 cm³/mol. The summed E-state index contributed by atoms with van der Waals surface area (Å²) in [5.41, 5.74) is 0.695. The summed E-state index contributed by atoms with van der Waals surface area (Å²) in [6.45, 7) is 3.79. The Morgan fingerprint density at radius 2 is 2.29 bits per heavy atom. The number of imide groups is 1. The molecule has 2 heterocycles. The summed E-state index contributed by atoms with van der Waals surface area (Å²) in [4.78, 5) is 26.1. The van der Waals surface area contributed by atoms with Crippen LogP contribution in [-0.2, 0) is 4.79 Å². The van der Waals surface area contributed by atoms with Gasteiger partial charge in [0.1, 0.15) is 6.04 Å². The Morgan fingerprint density at radius 3 is 2.88 bits per heavy atom. The first-order valence-corrected chi connectivity index (χ1v) is 6.33. The summed E-state index contributed by atoms with van der Waals surface area (Å²) in [5, 5.41) is 4.57. The molecule has 17 heavy (non-hydrogen) atoms. The molecular formula is C12H14N2O2S. The number of nitrogens with one attached hydrogen (secondary N) is 1. The maximum atomic E-state index is 12.1. The fourth-order valence-corrected chi connectivity index (χ4v) is 2.48. The van der Waals surface area contributed by atoms with E-state index in [9.17, 15) is 9.59 Å². The first-order chi connectivity index (χ1) is 8.15. The van der Waals surface area contributed by atoms with Crippen LogP contribution in [0.3, 0.4) is 0 Å². The van der Waals surface area contributed by atoms with Crippen LogP contribution in [0, 0.1) is 6.92 Å². The van der Waals surface area contributed by atoms with Crippen molar-refractivity contribution >= 4 is 29.0 Å². The van der Waals surface area contributed by atoms with Gasteiger partial charge in [0.05, 0.1) is 5.69 Å². The molecule has 4 nitrogen and oxygen atoms in total. The summed E-state index contributed by atoms with van der Waals surface area (Å²) >= 11 is 1.53. The maximum absolute atomic E-state index is 12.1. The van der Waals surface area contributed by atoms with E-state index in [1.54, 1.807) is 6.07 Å². The van der Waals surface area contributed by atoms with Crippen molar-refractivity contribution in [1.29, 1.82) is 0 Å². The normalized spacial score (nSPS) is 20.4. The molecule has 1 aromatic heterocycles. The van der Waals surface area contributed by atoms with Gasteiger partial charge in [0.15, 0.2) is 0 Å². The molecule has 3 amide bonds. The highest BCUT2D eigenvalue weighted by Crippen LogP contribution is 2.28. The van der Waals surface area contributed by atoms with Gasteiger partial charge >= 0.3 is 6.03 Å². The van der Waals surface area contributed by atoms with Gasteiger partial charge < -0.3 is 5.32 Å². The topological polar surface area (TPSA) is 49.4 Å². The molecule has 5 heteroatoms. The van der Waals surface area contributed by atoms with E-state index in [1.807, 2.05) is 31.4 Å². The van der Waals surface area contributed by atoms with Crippen LogP contribution in [0.25, 0.3) is 0 Å². The van der Waals surface area contributed by atoms with Crippen molar-refractivity contribution in [2.24, 2.45) is 0 Å². The summed E-state index contributed by atoms with van der Waals surface area (Å²) in [5.74, 6) is -0.172. The van der Waals surface area contributed by atoms with E-state index >= 15 is 0 Å². The Hall–Kier alpha value is -1.62. The number of nitrogens with zero attached hydrogens (tertiary/aromatic N) is 1. The summed E-state index contributed by atoms with van der Waals surface area (Å²) in [6, 6.07) is 1.04. The highest BCUT2D eigenvalue weighted by atomic mass is 32.1. The molecule has 2 rings (SSSR count). The second-order valence-corrected chi connectivity index (χ2v) is 4.96. The molecule has 0 aromatic carbocycles. The number of thiophene rings is 1. The van der Waals surface area contributed by atoms with Gasteiger partial charge in [0.25, 0.3) is 5.91 Å². The zero-order chi connectivity index (χ0) is 12.4. The average molecular weight is 250 g/mol. The molecule has 0 radical (unpaired) electrons. The molecule has 1 aromatic rings. The number of hydrogen-bond donors (Lipinski definition) is 1. The Bertz CT molecular complexity index is 479. The van der Waals surface area contributed by atoms with E-state index in [0.717, 1.165) is 4.88 Å². The first-order valence-electron chi connectivity index (χ1n) is 5.45. The molecule has 1 atom stereocenters. The lowest BCUT2D eigenvalue weighted by molar-refractivity contribution is -0.118. The van der Waals surface area contributed by atoms with E-state index in [2.05, 4.69) is 5.32 Å². The number of allylic oxidation sites excluding steroid dienone is 1. The third-order valence-corrected chi connectivity index (χ3v) is 3.53. The highest BCUT2D eigenvalue weighted by molar-refractivity contribution is 7.10. The number of hydrogen-bond acceptors (Lipinski definition) is 3. The molecule has 0 saturated carbocycles. The summed E-state index contributed by atoms with van der Waals surface area (Å²) < 4.78 is 0. The number of anilines is 1. The van der Waals surface area contributed by atoms with Crippen molar-refractivity contribution in [3.05, 3.63) is 28.5 Å². The van der Waals surface area contributed by atoms with Gasteiger partial charge in [0, 0.05) is 4.88 Å². The fourth-order valence-electron chi connectivity index (χ4n) is 1.80. The van der Waals surface area contributed by atoms with Gasteiger partial charge in [-0.2, -0.15) is 0 Å². The number of carbonyl (C=O) groups is 2. The van der Waals surface area contributed by atoms with Gasteiger partial charge in [-0.1, -0.05) is 12.2 Å². The monoisotopic (exact) mass is 250 g/mol. The molecule has 1 unspecified atom stereocenters. The van der Waals surface area contributed by atoms with Crippen LogP contribution in [0.15, 0.2) is 23.6 Å². The van der Waals surface area contributed by atoms with Gasteiger partial charge in [-0.05, 0) is 31.7 Å². The van der Waals surface area contributed by atoms with E-state index in [-0.39, 0.29) is 11.9 Å². The van der Waals surface area contributed by atoms with Crippen LogP contribution in [-0.4, -0.2) is 18.0 Å². The molecule has 1 N–H and O–H groups in total. The number of rotatable bonds is 3. The van der Waals surface area contributed by atoms with Crippen molar-refractivity contribution in [3.63, 3.8) is 0 Å². The Balaban J connectivity index is 2.23. The molecule has 1 aliphatic heterocycles. The molecule has 0 aliphatic carbocycles. The van der Waals surface area contributed by atoms with Crippen LogP contribution in [0.5, 0.6) is 0 Å². The van der Waals surface area contributed by atoms with Crippen LogP contribution in [0.4, 0.5) is 10.5 Å². The maximum Gasteiger partial charge on any atom is 0.329 e. The van der Waals surface area contributed by atoms with E-state index in [4.69, 9.17) is 0 Å². The minimum atomic E-state index is -0.432. The SMILES string of the molecule is CC=CCC1NC(=O)N(c2ccsc2C)C1=O. The largest absolute Gasteiger partial charge is 0.329 e.